The Morgan fingerprint density at radius 1 is 1.00 bits per heavy atom. The van der Waals surface area contributed by atoms with E-state index in [0.29, 0.717) is 10.5 Å². The number of nitrogens with one attached hydrogen (secondary N) is 2. The number of fused-ring (bicyclic) bond motifs is 1. The van der Waals surface area contributed by atoms with Gasteiger partial charge in [-0.15, -0.1) is 11.3 Å². The number of rotatable bonds is 2. The van der Waals surface area contributed by atoms with E-state index in [1.165, 1.54) is 11.3 Å². The lowest BCUT2D eigenvalue weighted by atomic mass is 10.1. The zero-order chi connectivity index (χ0) is 15.7. The van der Waals surface area contributed by atoms with Crippen LogP contribution in [0, 0.1) is 13.8 Å². The maximum atomic E-state index is 12.2. The van der Waals surface area contributed by atoms with Crippen molar-refractivity contribution in [3.8, 4) is 0 Å². The maximum absolute atomic E-state index is 12.2. The van der Waals surface area contributed by atoms with Crippen LogP contribution in [0.2, 0.25) is 0 Å². The smallest absolute Gasteiger partial charge is 0.305 e. The van der Waals surface area contributed by atoms with Gasteiger partial charge in [0.2, 0.25) is 0 Å². The summed E-state index contributed by atoms with van der Waals surface area (Å²) >= 11 is 1.36. The number of hydrogen-bond donors (Lipinski definition) is 2. The number of amides is 2. The zero-order valence-corrected chi connectivity index (χ0v) is 12.9. The SMILES string of the molecule is Cc1ccc(C(=O)NNC(=O)c2oc3ccccc3c2C)s1. The van der Waals surface area contributed by atoms with Crippen molar-refractivity contribution in [2.24, 2.45) is 0 Å². The van der Waals surface area contributed by atoms with E-state index in [0.717, 1.165) is 15.8 Å². The molecule has 0 unspecified atom stereocenters. The molecule has 2 N–H and O–H groups in total. The van der Waals surface area contributed by atoms with Gasteiger partial charge in [0.1, 0.15) is 5.58 Å². The third-order valence-electron chi connectivity index (χ3n) is 3.30. The van der Waals surface area contributed by atoms with Gasteiger partial charge in [-0.05, 0) is 32.0 Å². The number of hydrogen-bond acceptors (Lipinski definition) is 4. The van der Waals surface area contributed by atoms with Crippen LogP contribution < -0.4 is 10.9 Å². The molecule has 0 radical (unpaired) electrons. The van der Waals surface area contributed by atoms with E-state index in [4.69, 9.17) is 4.42 Å². The minimum Gasteiger partial charge on any atom is -0.451 e. The molecule has 0 bridgehead atoms. The molecule has 0 saturated heterocycles. The van der Waals surface area contributed by atoms with Gasteiger partial charge in [0.05, 0.1) is 4.88 Å². The van der Waals surface area contributed by atoms with Gasteiger partial charge < -0.3 is 4.42 Å². The highest BCUT2D eigenvalue weighted by molar-refractivity contribution is 7.13. The Morgan fingerprint density at radius 3 is 2.41 bits per heavy atom. The summed E-state index contributed by atoms with van der Waals surface area (Å²) in [6.45, 7) is 3.73. The minimum absolute atomic E-state index is 0.198. The highest BCUT2D eigenvalue weighted by Gasteiger charge is 2.18. The molecular formula is C16H14N2O3S. The highest BCUT2D eigenvalue weighted by Crippen LogP contribution is 2.24. The van der Waals surface area contributed by atoms with E-state index < -0.39 is 5.91 Å². The standard InChI is InChI=1S/C16H14N2O3S/c1-9-7-8-13(22-9)15(19)17-18-16(20)14-10(2)11-5-3-4-6-12(11)21-14/h3-8H,1-2H3,(H,17,19)(H,18,20). The Morgan fingerprint density at radius 2 is 1.73 bits per heavy atom. The van der Waals surface area contributed by atoms with E-state index >= 15 is 0 Å². The Labute approximate surface area is 130 Å². The van der Waals surface area contributed by atoms with Crippen LogP contribution in [0.3, 0.4) is 0 Å². The second-order valence-electron chi connectivity index (χ2n) is 4.87. The van der Waals surface area contributed by atoms with Gasteiger partial charge in [-0.3, -0.25) is 20.4 Å². The van der Waals surface area contributed by atoms with Gasteiger partial charge in [0, 0.05) is 15.8 Å². The Balaban J connectivity index is 1.73. The van der Waals surface area contributed by atoms with E-state index in [2.05, 4.69) is 10.9 Å². The van der Waals surface area contributed by atoms with Crippen molar-refractivity contribution in [3.05, 3.63) is 57.5 Å². The molecule has 6 heteroatoms. The third-order valence-corrected chi connectivity index (χ3v) is 4.30. The number of aryl methyl sites for hydroxylation is 2. The normalized spacial score (nSPS) is 10.6. The molecule has 1 aromatic carbocycles. The molecule has 0 aliphatic heterocycles. The number of carbonyl (C=O) groups is 2. The predicted octanol–water partition coefficient (Wildman–Crippen LogP) is 3.19. The fourth-order valence-corrected chi connectivity index (χ4v) is 2.94. The van der Waals surface area contributed by atoms with Crippen LogP contribution in [0.25, 0.3) is 11.0 Å². The summed E-state index contributed by atoms with van der Waals surface area (Å²) in [6.07, 6.45) is 0. The largest absolute Gasteiger partial charge is 0.451 e. The monoisotopic (exact) mass is 314 g/mol. The van der Waals surface area contributed by atoms with Crippen LogP contribution in [0.4, 0.5) is 0 Å². The maximum Gasteiger partial charge on any atom is 0.305 e. The van der Waals surface area contributed by atoms with E-state index in [1.54, 1.807) is 12.1 Å². The van der Waals surface area contributed by atoms with Crippen LogP contribution in [0.15, 0.2) is 40.8 Å². The van der Waals surface area contributed by atoms with E-state index in [9.17, 15) is 9.59 Å². The van der Waals surface area contributed by atoms with Gasteiger partial charge in [0.25, 0.3) is 5.91 Å². The third kappa shape index (κ3) is 2.60. The van der Waals surface area contributed by atoms with Gasteiger partial charge in [0.15, 0.2) is 5.76 Å². The first kappa shape index (κ1) is 14.3. The number of carbonyl (C=O) groups excluding carboxylic acids is 2. The Hall–Kier alpha value is -2.60. The molecule has 0 spiro atoms. The number of furan rings is 1. The van der Waals surface area contributed by atoms with Crippen molar-refractivity contribution in [1.29, 1.82) is 0 Å². The van der Waals surface area contributed by atoms with Crippen molar-refractivity contribution >= 4 is 34.1 Å². The lowest BCUT2D eigenvalue weighted by Crippen LogP contribution is -2.41. The van der Waals surface area contributed by atoms with Crippen molar-refractivity contribution in [3.63, 3.8) is 0 Å². The van der Waals surface area contributed by atoms with Crippen LogP contribution in [0.5, 0.6) is 0 Å². The van der Waals surface area contributed by atoms with Gasteiger partial charge >= 0.3 is 5.91 Å². The van der Waals surface area contributed by atoms with Crippen molar-refractivity contribution in [1.82, 2.24) is 10.9 Å². The molecule has 2 amide bonds. The molecule has 0 saturated carbocycles. The summed E-state index contributed by atoms with van der Waals surface area (Å²) in [5, 5.41) is 0.882. The van der Waals surface area contributed by atoms with Crippen LogP contribution in [-0.2, 0) is 0 Å². The summed E-state index contributed by atoms with van der Waals surface area (Å²) < 4.78 is 5.54. The molecule has 3 aromatic rings. The van der Waals surface area contributed by atoms with Crippen molar-refractivity contribution in [2.45, 2.75) is 13.8 Å². The highest BCUT2D eigenvalue weighted by atomic mass is 32.1. The molecule has 0 fully saturated rings. The number of benzene rings is 1. The van der Waals surface area contributed by atoms with Gasteiger partial charge in [-0.25, -0.2) is 0 Å². The molecule has 0 atom stereocenters. The molecular weight excluding hydrogens is 300 g/mol. The first-order valence-electron chi connectivity index (χ1n) is 6.71. The molecule has 5 nitrogen and oxygen atoms in total. The second-order valence-corrected chi connectivity index (χ2v) is 6.16. The number of para-hydroxylation sites is 1. The Bertz CT molecular complexity index is 863. The fraction of sp³-hybridized carbons (Fsp3) is 0.125. The van der Waals surface area contributed by atoms with Gasteiger partial charge in [-0.1, -0.05) is 18.2 Å². The quantitative estimate of drug-likeness (QED) is 0.714. The van der Waals surface area contributed by atoms with Crippen LogP contribution in [0.1, 0.15) is 30.7 Å². The molecule has 112 valence electrons. The lowest BCUT2D eigenvalue weighted by molar-refractivity contribution is 0.0833. The first-order valence-corrected chi connectivity index (χ1v) is 7.53. The molecule has 2 heterocycles. The summed E-state index contributed by atoms with van der Waals surface area (Å²) in [5.74, 6) is -0.626. The number of thiophene rings is 1. The van der Waals surface area contributed by atoms with Crippen LogP contribution >= 0.6 is 11.3 Å². The van der Waals surface area contributed by atoms with Crippen LogP contribution in [-0.4, -0.2) is 11.8 Å². The average Bonchev–Trinajstić information content (AvgIpc) is 3.09. The first-order chi connectivity index (χ1) is 10.6. The second kappa shape index (κ2) is 5.65. The summed E-state index contributed by atoms with van der Waals surface area (Å²) in [4.78, 5) is 25.6. The average molecular weight is 314 g/mol. The van der Waals surface area contributed by atoms with Crippen molar-refractivity contribution < 1.29 is 14.0 Å². The topological polar surface area (TPSA) is 71.3 Å². The zero-order valence-electron chi connectivity index (χ0n) is 12.1. The predicted molar refractivity (Wildman–Crippen MR) is 84.9 cm³/mol. The fourth-order valence-electron chi connectivity index (χ4n) is 2.18. The van der Waals surface area contributed by atoms with E-state index in [-0.39, 0.29) is 11.7 Å². The summed E-state index contributed by atoms with van der Waals surface area (Å²) in [6, 6.07) is 11.0. The number of hydrazine groups is 1. The molecule has 0 aliphatic carbocycles. The van der Waals surface area contributed by atoms with Gasteiger partial charge in [-0.2, -0.15) is 0 Å². The molecule has 0 aliphatic rings. The molecule has 3 rings (SSSR count). The minimum atomic E-state index is -0.477. The lowest BCUT2D eigenvalue weighted by Gasteiger charge is -2.04. The Kier molecular flexibility index (Phi) is 3.68. The summed E-state index contributed by atoms with van der Waals surface area (Å²) in [5.41, 5.74) is 6.17. The summed E-state index contributed by atoms with van der Waals surface area (Å²) in [7, 11) is 0. The molecule has 22 heavy (non-hydrogen) atoms. The van der Waals surface area contributed by atoms with Crippen molar-refractivity contribution in [2.75, 3.05) is 0 Å². The van der Waals surface area contributed by atoms with E-state index in [1.807, 2.05) is 38.1 Å². The molecule has 2 aromatic heterocycles.